The molecule has 1 spiro atoms. The van der Waals surface area contributed by atoms with Crippen LogP contribution < -0.4 is 0 Å². The number of hydrogen-bond acceptors (Lipinski definition) is 1. The minimum absolute atomic E-state index is 0.0999. The molecule has 0 radical (unpaired) electrons. The molecule has 3 aliphatic rings. The topological polar surface area (TPSA) is 12.5 Å². The van der Waals surface area contributed by atoms with Crippen LogP contribution in [-0.2, 0) is 4.74 Å². The van der Waals surface area contributed by atoms with Crippen LogP contribution in [0.3, 0.4) is 0 Å². The number of halogens is 2. The van der Waals surface area contributed by atoms with Crippen molar-refractivity contribution in [1.29, 1.82) is 0 Å². The van der Waals surface area contributed by atoms with Gasteiger partial charge in [0, 0.05) is 5.92 Å². The first-order valence-electron chi connectivity index (χ1n) is 4.20. The number of fused-ring (bicyclic) bond motifs is 2. The van der Waals surface area contributed by atoms with Gasteiger partial charge in [0.05, 0.1) is 6.61 Å². The van der Waals surface area contributed by atoms with Crippen LogP contribution in [0.25, 0.3) is 0 Å². The van der Waals surface area contributed by atoms with Crippen molar-refractivity contribution < 1.29 is 4.74 Å². The smallest absolute Gasteiger partial charge is 0.152 e. The second-order valence-corrected chi connectivity index (χ2v) is 5.33. The number of ether oxygens (including phenoxy) is 1. The van der Waals surface area contributed by atoms with Gasteiger partial charge in [0.15, 0.2) is 4.33 Å². The van der Waals surface area contributed by atoms with Crippen molar-refractivity contribution >= 4 is 23.2 Å². The van der Waals surface area contributed by atoms with Crippen molar-refractivity contribution in [3.05, 3.63) is 0 Å². The Morgan fingerprint density at radius 3 is 2.45 bits per heavy atom. The third kappa shape index (κ3) is 0.576. The van der Waals surface area contributed by atoms with E-state index < -0.39 is 4.33 Å². The van der Waals surface area contributed by atoms with Crippen LogP contribution in [0.15, 0.2) is 0 Å². The molecule has 0 N–H and O–H groups in total. The average Bonchev–Trinajstić information content (AvgIpc) is 2.66. The maximum atomic E-state index is 6.20. The predicted octanol–water partition coefficient (Wildman–Crippen LogP) is 2.36. The van der Waals surface area contributed by atoms with Gasteiger partial charge in [0.25, 0.3) is 0 Å². The molecule has 0 amide bonds. The highest BCUT2D eigenvalue weighted by molar-refractivity contribution is 6.50. The third-order valence-corrected chi connectivity index (χ3v) is 4.80. The molecule has 1 saturated heterocycles. The highest BCUT2D eigenvalue weighted by Crippen LogP contribution is 2.71. The lowest BCUT2D eigenvalue weighted by Gasteiger charge is -2.50. The van der Waals surface area contributed by atoms with Gasteiger partial charge in [-0.25, -0.2) is 0 Å². The van der Waals surface area contributed by atoms with Crippen LogP contribution in [0.5, 0.6) is 0 Å². The Morgan fingerprint density at radius 1 is 1.18 bits per heavy atom. The molecule has 1 nitrogen and oxygen atoms in total. The zero-order chi connectivity index (χ0) is 7.69. The van der Waals surface area contributed by atoms with Crippen LogP contribution in [0.2, 0.25) is 0 Å². The number of hydrogen-bond donors (Lipinski definition) is 0. The predicted molar refractivity (Wildman–Crippen MR) is 44.0 cm³/mol. The number of rotatable bonds is 0. The van der Waals surface area contributed by atoms with Gasteiger partial charge < -0.3 is 4.74 Å². The molecule has 3 atom stereocenters. The van der Waals surface area contributed by atoms with Crippen molar-refractivity contribution in [3.8, 4) is 0 Å². The van der Waals surface area contributed by atoms with Gasteiger partial charge in [-0.3, -0.25) is 0 Å². The van der Waals surface area contributed by atoms with Gasteiger partial charge in [-0.1, -0.05) is 29.6 Å². The molecule has 1 aliphatic heterocycles. The van der Waals surface area contributed by atoms with Gasteiger partial charge in [0.2, 0.25) is 0 Å². The average molecular weight is 193 g/mol. The van der Waals surface area contributed by atoms with Crippen molar-refractivity contribution in [2.75, 3.05) is 6.61 Å². The minimum Gasteiger partial charge on any atom is -0.366 e. The molecule has 2 saturated carbocycles. The summed E-state index contributed by atoms with van der Waals surface area (Å²) in [5.74, 6) is 1.20. The van der Waals surface area contributed by atoms with Gasteiger partial charge >= 0.3 is 0 Å². The molecule has 0 bridgehead atoms. The van der Waals surface area contributed by atoms with E-state index in [1.807, 2.05) is 0 Å². The Balaban J connectivity index is 1.97. The van der Waals surface area contributed by atoms with Gasteiger partial charge in [0.1, 0.15) is 5.60 Å². The van der Waals surface area contributed by atoms with Crippen LogP contribution in [0.1, 0.15) is 19.3 Å². The molecular formula is C8H10Cl2O. The molecule has 3 rings (SSSR count). The van der Waals surface area contributed by atoms with E-state index >= 15 is 0 Å². The van der Waals surface area contributed by atoms with Crippen LogP contribution in [0, 0.1) is 11.8 Å². The molecular weight excluding hydrogens is 183 g/mol. The fourth-order valence-corrected chi connectivity index (χ4v) is 3.92. The zero-order valence-electron chi connectivity index (χ0n) is 6.15. The summed E-state index contributed by atoms with van der Waals surface area (Å²) in [7, 11) is 0. The highest BCUT2D eigenvalue weighted by atomic mass is 35.5. The van der Waals surface area contributed by atoms with Crippen LogP contribution >= 0.6 is 23.2 Å². The Morgan fingerprint density at radius 2 is 1.82 bits per heavy atom. The first kappa shape index (κ1) is 6.99. The normalized spacial score (nSPS) is 57.3. The summed E-state index contributed by atoms with van der Waals surface area (Å²) in [6.45, 7) is 0.793. The maximum absolute atomic E-state index is 6.20. The zero-order valence-corrected chi connectivity index (χ0v) is 7.66. The molecule has 3 unspecified atom stereocenters. The van der Waals surface area contributed by atoms with Crippen LogP contribution in [-0.4, -0.2) is 16.5 Å². The van der Waals surface area contributed by atoms with E-state index in [2.05, 4.69) is 0 Å². The standard InChI is InChI=1S/C8H10Cl2O/c9-8(10)6-3-1-2-5(6)7(8)4-11-7/h5-6H,1-4H2. The van der Waals surface area contributed by atoms with E-state index in [0.717, 1.165) is 6.61 Å². The Labute approximate surface area is 76.0 Å². The molecule has 0 aromatic heterocycles. The van der Waals surface area contributed by atoms with E-state index in [1.54, 1.807) is 0 Å². The molecule has 1 heterocycles. The third-order valence-electron chi connectivity index (χ3n) is 3.60. The lowest BCUT2D eigenvalue weighted by molar-refractivity contribution is 0.0383. The lowest BCUT2D eigenvalue weighted by atomic mass is 9.65. The second-order valence-electron chi connectivity index (χ2n) is 3.95. The summed E-state index contributed by atoms with van der Waals surface area (Å²) in [5, 5.41) is 0. The summed E-state index contributed by atoms with van der Waals surface area (Å²) >= 11 is 12.4. The van der Waals surface area contributed by atoms with Crippen molar-refractivity contribution in [2.24, 2.45) is 11.8 Å². The molecule has 3 fully saturated rings. The summed E-state index contributed by atoms with van der Waals surface area (Å²) in [6.07, 6.45) is 3.75. The molecule has 62 valence electrons. The van der Waals surface area contributed by atoms with E-state index in [1.165, 1.54) is 19.3 Å². The fraction of sp³-hybridized carbons (Fsp3) is 1.00. The molecule has 2 aliphatic carbocycles. The number of alkyl halides is 2. The molecule has 3 heteroatoms. The quantitative estimate of drug-likeness (QED) is 0.425. The van der Waals surface area contributed by atoms with Gasteiger partial charge in [-0.05, 0) is 18.8 Å². The second kappa shape index (κ2) is 1.73. The molecule has 0 aromatic rings. The Hall–Kier alpha value is 0.540. The van der Waals surface area contributed by atoms with E-state index in [-0.39, 0.29) is 5.60 Å². The largest absolute Gasteiger partial charge is 0.366 e. The Bertz CT molecular complexity index is 200. The van der Waals surface area contributed by atoms with Crippen molar-refractivity contribution in [1.82, 2.24) is 0 Å². The lowest BCUT2D eigenvalue weighted by Crippen LogP contribution is -2.60. The van der Waals surface area contributed by atoms with Gasteiger partial charge in [-0.2, -0.15) is 0 Å². The fourth-order valence-electron chi connectivity index (χ4n) is 2.90. The van der Waals surface area contributed by atoms with E-state index in [4.69, 9.17) is 27.9 Å². The van der Waals surface area contributed by atoms with E-state index in [9.17, 15) is 0 Å². The van der Waals surface area contributed by atoms with Crippen molar-refractivity contribution in [3.63, 3.8) is 0 Å². The highest BCUT2D eigenvalue weighted by Gasteiger charge is 2.79. The molecule has 11 heavy (non-hydrogen) atoms. The monoisotopic (exact) mass is 192 g/mol. The van der Waals surface area contributed by atoms with E-state index in [0.29, 0.717) is 11.8 Å². The van der Waals surface area contributed by atoms with Crippen LogP contribution in [0.4, 0.5) is 0 Å². The summed E-state index contributed by atoms with van der Waals surface area (Å²) in [5.41, 5.74) is -0.0999. The summed E-state index contributed by atoms with van der Waals surface area (Å²) in [6, 6.07) is 0. The first-order valence-corrected chi connectivity index (χ1v) is 4.96. The summed E-state index contributed by atoms with van der Waals surface area (Å²) < 4.78 is 4.85. The van der Waals surface area contributed by atoms with Gasteiger partial charge in [-0.15, -0.1) is 0 Å². The summed E-state index contributed by atoms with van der Waals surface area (Å²) in [4.78, 5) is 0. The Kier molecular flexibility index (Phi) is 1.10. The maximum Gasteiger partial charge on any atom is 0.152 e. The first-order chi connectivity index (χ1) is 5.18. The van der Waals surface area contributed by atoms with Crippen molar-refractivity contribution in [2.45, 2.75) is 29.2 Å². The molecule has 0 aromatic carbocycles. The minimum atomic E-state index is -0.547. The SMILES string of the molecule is ClC1(Cl)C2CCCC2C12CO2. The number of epoxide rings is 1.